The molecule has 0 spiro atoms. The quantitative estimate of drug-likeness (QED) is 0.886. The Bertz CT molecular complexity index is 518. The number of rotatable bonds is 4. The van der Waals surface area contributed by atoms with Gasteiger partial charge in [0.2, 0.25) is 0 Å². The van der Waals surface area contributed by atoms with Gasteiger partial charge in [0.15, 0.2) is 0 Å². The van der Waals surface area contributed by atoms with Gasteiger partial charge in [-0.3, -0.25) is 0 Å². The first-order valence-electron chi connectivity index (χ1n) is 9.36. The summed E-state index contributed by atoms with van der Waals surface area (Å²) in [7, 11) is 0. The van der Waals surface area contributed by atoms with Gasteiger partial charge in [0.05, 0.1) is 0 Å². The molecule has 0 unspecified atom stereocenters. The van der Waals surface area contributed by atoms with E-state index in [-0.39, 0.29) is 11.4 Å². The van der Waals surface area contributed by atoms with Crippen LogP contribution in [0, 0.1) is 5.92 Å². The SMILES string of the molecule is CC1CCC(NC(=O)NCC2(c3ccccc3)CCOCC2)CC1. The van der Waals surface area contributed by atoms with Crippen molar-refractivity contribution in [2.75, 3.05) is 19.8 Å². The summed E-state index contributed by atoms with van der Waals surface area (Å²) >= 11 is 0. The number of urea groups is 1. The Balaban J connectivity index is 1.56. The van der Waals surface area contributed by atoms with E-state index in [0.717, 1.165) is 44.8 Å². The van der Waals surface area contributed by atoms with E-state index >= 15 is 0 Å². The summed E-state index contributed by atoms with van der Waals surface area (Å²) in [5.41, 5.74) is 1.30. The Hall–Kier alpha value is -1.55. The molecule has 1 aromatic rings. The molecule has 4 nitrogen and oxygen atoms in total. The molecule has 24 heavy (non-hydrogen) atoms. The largest absolute Gasteiger partial charge is 0.381 e. The zero-order valence-corrected chi connectivity index (χ0v) is 14.7. The van der Waals surface area contributed by atoms with Crippen molar-refractivity contribution in [2.45, 2.75) is 56.9 Å². The van der Waals surface area contributed by atoms with Crippen LogP contribution in [0.4, 0.5) is 4.79 Å². The summed E-state index contributed by atoms with van der Waals surface area (Å²) in [4.78, 5) is 12.4. The van der Waals surface area contributed by atoms with Crippen LogP contribution in [0.3, 0.4) is 0 Å². The van der Waals surface area contributed by atoms with E-state index in [4.69, 9.17) is 4.74 Å². The van der Waals surface area contributed by atoms with Crippen LogP contribution < -0.4 is 10.6 Å². The minimum absolute atomic E-state index is 0.00205. The number of hydrogen-bond acceptors (Lipinski definition) is 2. The van der Waals surface area contributed by atoms with Gasteiger partial charge in [0.1, 0.15) is 0 Å². The Morgan fingerprint density at radius 1 is 1.12 bits per heavy atom. The number of nitrogens with one attached hydrogen (secondary N) is 2. The number of hydrogen-bond donors (Lipinski definition) is 2. The first-order valence-corrected chi connectivity index (χ1v) is 9.36. The normalized spacial score (nSPS) is 26.5. The second kappa shape index (κ2) is 8.02. The number of carbonyl (C=O) groups is 1. The molecule has 2 amide bonds. The highest BCUT2D eigenvalue weighted by Crippen LogP contribution is 2.34. The predicted molar refractivity (Wildman–Crippen MR) is 96.1 cm³/mol. The second-order valence-electron chi connectivity index (χ2n) is 7.54. The van der Waals surface area contributed by atoms with E-state index in [2.05, 4.69) is 41.8 Å². The maximum Gasteiger partial charge on any atom is 0.315 e. The van der Waals surface area contributed by atoms with E-state index < -0.39 is 0 Å². The lowest BCUT2D eigenvalue weighted by atomic mass is 9.74. The molecule has 2 fully saturated rings. The van der Waals surface area contributed by atoms with Gasteiger partial charge in [0, 0.05) is 31.2 Å². The van der Waals surface area contributed by atoms with Crippen LogP contribution in [-0.2, 0) is 10.2 Å². The minimum atomic E-state index is -0.0173. The van der Waals surface area contributed by atoms with Crippen molar-refractivity contribution in [3.05, 3.63) is 35.9 Å². The lowest BCUT2D eigenvalue weighted by Crippen LogP contribution is -2.49. The average Bonchev–Trinajstić information content (AvgIpc) is 2.63. The van der Waals surface area contributed by atoms with E-state index in [9.17, 15) is 4.79 Å². The number of amides is 2. The monoisotopic (exact) mass is 330 g/mol. The van der Waals surface area contributed by atoms with Crippen molar-refractivity contribution in [3.63, 3.8) is 0 Å². The Morgan fingerprint density at radius 3 is 2.46 bits per heavy atom. The highest BCUT2D eigenvalue weighted by Gasteiger charge is 2.34. The first kappa shape index (κ1) is 17.3. The van der Waals surface area contributed by atoms with Gasteiger partial charge in [-0.1, -0.05) is 37.3 Å². The standard InChI is InChI=1S/C20H30N2O2/c1-16-7-9-18(10-8-16)22-19(23)21-15-20(11-13-24-14-12-20)17-5-3-2-4-6-17/h2-6,16,18H,7-15H2,1H3,(H2,21,22,23). The molecule has 2 aliphatic rings. The molecular formula is C20H30N2O2. The molecule has 3 rings (SSSR count). The molecule has 0 bridgehead atoms. The molecule has 0 atom stereocenters. The highest BCUT2D eigenvalue weighted by atomic mass is 16.5. The summed E-state index contributed by atoms with van der Waals surface area (Å²) < 4.78 is 5.56. The lowest BCUT2D eigenvalue weighted by Gasteiger charge is -2.38. The third-order valence-electron chi connectivity index (χ3n) is 5.77. The number of ether oxygens (including phenoxy) is 1. The van der Waals surface area contributed by atoms with Crippen molar-refractivity contribution in [1.82, 2.24) is 10.6 Å². The van der Waals surface area contributed by atoms with Gasteiger partial charge >= 0.3 is 6.03 Å². The fourth-order valence-electron chi connectivity index (χ4n) is 4.01. The molecule has 1 aliphatic carbocycles. The lowest BCUT2D eigenvalue weighted by molar-refractivity contribution is 0.0506. The molecule has 0 radical (unpaired) electrons. The van der Waals surface area contributed by atoms with Gasteiger partial charge in [-0.05, 0) is 50.0 Å². The zero-order chi connectivity index (χ0) is 16.8. The molecule has 1 saturated heterocycles. The highest BCUT2D eigenvalue weighted by molar-refractivity contribution is 5.74. The number of benzene rings is 1. The molecule has 1 aliphatic heterocycles. The van der Waals surface area contributed by atoms with Gasteiger partial charge < -0.3 is 15.4 Å². The number of carbonyl (C=O) groups excluding carboxylic acids is 1. The average molecular weight is 330 g/mol. The maximum atomic E-state index is 12.4. The topological polar surface area (TPSA) is 50.4 Å². The Kier molecular flexibility index (Phi) is 5.77. The first-order chi connectivity index (χ1) is 11.7. The van der Waals surface area contributed by atoms with E-state index in [1.54, 1.807) is 0 Å². The van der Waals surface area contributed by atoms with Crippen molar-refractivity contribution >= 4 is 6.03 Å². The van der Waals surface area contributed by atoms with E-state index in [0.29, 0.717) is 12.6 Å². The van der Waals surface area contributed by atoms with Crippen LogP contribution in [-0.4, -0.2) is 31.8 Å². The molecular weight excluding hydrogens is 300 g/mol. The van der Waals surface area contributed by atoms with Crippen LogP contribution in [0.1, 0.15) is 51.0 Å². The summed E-state index contributed by atoms with van der Waals surface area (Å²) in [6, 6.07) is 10.9. The van der Waals surface area contributed by atoms with Crippen LogP contribution in [0.25, 0.3) is 0 Å². The van der Waals surface area contributed by atoms with Crippen LogP contribution in [0.15, 0.2) is 30.3 Å². The predicted octanol–water partition coefficient (Wildman–Crippen LogP) is 3.61. The smallest absolute Gasteiger partial charge is 0.315 e. The second-order valence-corrected chi connectivity index (χ2v) is 7.54. The van der Waals surface area contributed by atoms with Gasteiger partial charge in [-0.15, -0.1) is 0 Å². The van der Waals surface area contributed by atoms with Crippen molar-refractivity contribution in [3.8, 4) is 0 Å². The maximum absolute atomic E-state index is 12.4. The van der Waals surface area contributed by atoms with Crippen molar-refractivity contribution in [1.29, 1.82) is 0 Å². The summed E-state index contributed by atoms with van der Waals surface area (Å²) in [6.45, 7) is 4.50. The van der Waals surface area contributed by atoms with E-state index in [1.807, 2.05) is 6.07 Å². The summed E-state index contributed by atoms with van der Waals surface area (Å²) in [6.07, 6.45) is 6.56. The summed E-state index contributed by atoms with van der Waals surface area (Å²) in [5, 5.41) is 6.31. The molecule has 132 valence electrons. The zero-order valence-electron chi connectivity index (χ0n) is 14.7. The molecule has 2 N–H and O–H groups in total. The Morgan fingerprint density at radius 2 is 1.79 bits per heavy atom. The minimum Gasteiger partial charge on any atom is -0.381 e. The molecule has 4 heteroatoms. The van der Waals surface area contributed by atoms with Crippen LogP contribution >= 0.6 is 0 Å². The molecule has 0 aromatic heterocycles. The fraction of sp³-hybridized carbons (Fsp3) is 0.650. The molecule has 1 saturated carbocycles. The van der Waals surface area contributed by atoms with Crippen molar-refractivity contribution < 1.29 is 9.53 Å². The molecule has 1 heterocycles. The van der Waals surface area contributed by atoms with Gasteiger partial charge in [0.25, 0.3) is 0 Å². The van der Waals surface area contributed by atoms with Gasteiger partial charge in [-0.25, -0.2) is 4.79 Å². The third kappa shape index (κ3) is 4.29. The van der Waals surface area contributed by atoms with E-state index in [1.165, 1.54) is 18.4 Å². The van der Waals surface area contributed by atoms with Gasteiger partial charge in [-0.2, -0.15) is 0 Å². The third-order valence-corrected chi connectivity index (χ3v) is 5.77. The summed E-state index contributed by atoms with van der Waals surface area (Å²) in [5.74, 6) is 0.801. The Labute approximate surface area is 145 Å². The van der Waals surface area contributed by atoms with Crippen molar-refractivity contribution in [2.24, 2.45) is 5.92 Å². The molecule has 1 aromatic carbocycles. The van der Waals surface area contributed by atoms with Crippen LogP contribution in [0.2, 0.25) is 0 Å². The fourth-order valence-corrected chi connectivity index (χ4v) is 4.01. The van der Waals surface area contributed by atoms with Crippen LogP contribution in [0.5, 0.6) is 0 Å².